The molecule has 0 radical (unpaired) electrons. The van der Waals surface area contributed by atoms with Gasteiger partial charge in [-0.15, -0.1) is 0 Å². The molecule has 0 saturated heterocycles. The van der Waals surface area contributed by atoms with E-state index in [0.29, 0.717) is 0 Å². The van der Waals surface area contributed by atoms with Gasteiger partial charge in [0.05, 0.1) is 0 Å². The zero-order valence-corrected chi connectivity index (χ0v) is 11.1. The normalized spacial score (nSPS) is 12.2. The molecule has 1 heteroatoms. The minimum atomic E-state index is -0.318. The number of benzene rings is 2. The molecule has 0 fully saturated rings. The van der Waals surface area contributed by atoms with E-state index in [1.165, 1.54) is 10.8 Å². The van der Waals surface area contributed by atoms with Gasteiger partial charge in [0.2, 0.25) is 0 Å². The Morgan fingerprint density at radius 2 is 1.67 bits per heavy atom. The number of fused-ring (bicyclic) bond motifs is 1. The van der Waals surface area contributed by atoms with Crippen molar-refractivity contribution in [3.05, 3.63) is 54.1 Å². The Hall–Kier alpha value is -1.89. The number of hydrogen-bond donors (Lipinski definition) is 0. The lowest BCUT2D eigenvalue weighted by atomic mass is 9.90. The van der Waals surface area contributed by atoms with Crippen LogP contribution in [-0.2, 0) is 4.79 Å². The van der Waals surface area contributed by atoms with Gasteiger partial charge in [-0.1, -0.05) is 69.3 Å². The fourth-order valence-electron chi connectivity index (χ4n) is 1.81. The molecule has 0 unspecified atom stereocenters. The largest absolute Gasteiger partial charge is 0.294 e. The highest BCUT2D eigenvalue weighted by molar-refractivity contribution is 6.00. The summed E-state index contributed by atoms with van der Waals surface area (Å²) in [6.45, 7) is 5.80. The maximum atomic E-state index is 11.9. The van der Waals surface area contributed by atoms with E-state index in [4.69, 9.17) is 0 Å². The first kappa shape index (κ1) is 12.6. The van der Waals surface area contributed by atoms with Crippen molar-refractivity contribution in [3.8, 4) is 0 Å². The molecule has 1 nitrogen and oxygen atoms in total. The summed E-state index contributed by atoms with van der Waals surface area (Å²) in [5.41, 5.74) is 0.770. The van der Waals surface area contributed by atoms with Crippen molar-refractivity contribution in [3.63, 3.8) is 0 Å². The maximum absolute atomic E-state index is 11.9. The molecule has 2 aromatic rings. The highest BCUT2D eigenvalue weighted by atomic mass is 16.1. The van der Waals surface area contributed by atoms with E-state index in [2.05, 4.69) is 18.2 Å². The Bertz CT molecular complexity index is 595. The zero-order valence-electron chi connectivity index (χ0n) is 11.1. The van der Waals surface area contributed by atoms with Gasteiger partial charge in [-0.05, 0) is 22.4 Å². The van der Waals surface area contributed by atoms with Crippen molar-refractivity contribution in [2.24, 2.45) is 5.41 Å². The van der Waals surface area contributed by atoms with Crippen molar-refractivity contribution in [1.82, 2.24) is 0 Å². The van der Waals surface area contributed by atoms with Gasteiger partial charge in [-0.2, -0.15) is 0 Å². The number of allylic oxidation sites excluding steroid dienone is 1. The number of carbonyl (C=O) groups is 1. The Morgan fingerprint density at radius 1 is 1.00 bits per heavy atom. The van der Waals surface area contributed by atoms with Gasteiger partial charge in [-0.25, -0.2) is 0 Å². The number of carbonyl (C=O) groups excluding carboxylic acids is 1. The first-order valence-electron chi connectivity index (χ1n) is 6.19. The number of hydrogen-bond acceptors (Lipinski definition) is 1. The van der Waals surface area contributed by atoms with Crippen LogP contribution in [0.2, 0.25) is 0 Å². The molecule has 92 valence electrons. The van der Waals surface area contributed by atoms with E-state index < -0.39 is 0 Å². The fraction of sp³-hybridized carbons (Fsp3) is 0.235. The van der Waals surface area contributed by atoms with Crippen molar-refractivity contribution in [2.75, 3.05) is 0 Å². The molecular weight excluding hydrogens is 220 g/mol. The second kappa shape index (κ2) is 4.77. The lowest BCUT2D eigenvalue weighted by Gasteiger charge is -2.13. The maximum Gasteiger partial charge on any atom is 0.161 e. The SMILES string of the molecule is CC(C)(C)C(=O)/C=C/c1cccc2ccccc12. The van der Waals surface area contributed by atoms with E-state index in [-0.39, 0.29) is 11.2 Å². The molecule has 0 N–H and O–H groups in total. The number of rotatable bonds is 2. The molecule has 0 heterocycles. The Kier molecular flexibility index (Phi) is 3.33. The van der Waals surface area contributed by atoms with E-state index in [1.807, 2.05) is 51.1 Å². The Morgan fingerprint density at radius 3 is 2.39 bits per heavy atom. The minimum Gasteiger partial charge on any atom is -0.294 e. The molecule has 0 aliphatic carbocycles. The lowest BCUT2D eigenvalue weighted by Crippen LogP contribution is -2.17. The second-order valence-corrected chi connectivity index (χ2v) is 5.52. The van der Waals surface area contributed by atoms with Crippen LogP contribution in [0.25, 0.3) is 16.8 Å². The summed E-state index contributed by atoms with van der Waals surface area (Å²) in [6.07, 6.45) is 3.59. The zero-order chi connectivity index (χ0) is 13.2. The summed E-state index contributed by atoms with van der Waals surface area (Å²) in [4.78, 5) is 11.9. The van der Waals surface area contributed by atoms with Gasteiger partial charge in [0, 0.05) is 5.41 Å². The van der Waals surface area contributed by atoms with Crippen molar-refractivity contribution in [2.45, 2.75) is 20.8 Å². The molecule has 0 aromatic heterocycles. The van der Waals surface area contributed by atoms with Crippen molar-refractivity contribution < 1.29 is 4.79 Å². The standard InChI is InChI=1S/C17H18O/c1-17(2,3)16(18)12-11-14-9-6-8-13-7-4-5-10-15(13)14/h4-12H,1-3H3/b12-11+. The van der Waals surface area contributed by atoms with Crippen LogP contribution in [0.4, 0.5) is 0 Å². The quantitative estimate of drug-likeness (QED) is 0.705. The van der Waals surface area contributed by atoms with Crippen LogP contribution in [0.15, 0.2) is 48.5 Å². The first-order valence-corrected chi connectivity index (χ1v) is 6.19. The van der Waals surface area contributed by atoms with E-state index >= 15 is 0 Å². The van der Waals surface area contributed by atoms with Crippen LogP contribution in [0, 0.1) is 5.41 Å². The van der Waals surface area contributed by atoms with Crippen LogP contribution in [-0.4, -0.2) is 5.78 Å². The molecule has 0 bridgehead atoms. The Labute approximate surface area is 108 Å². The lowest BCUT2D eigenvalue weighted by molar-refractivity contribution is -0.121. The summed E-state index contributed by atoms with van der Waals surface area (Å²) in [5, 5.41) is 2.38. The van der Waals surface area contributed by atoms with Crippen LogP contribution in [0.5, 0.6) is 0 Å². The summed E-state index contributed by atoms with van der Waals surface area (Å²) < 4.78 is 0. The molecule has 2 aromatic carbocycles. The van der Waals surface area contributed by atoms with Gasteiger partial charge in [0.15, 0.2) is 5.78 Å². The highest BCUT2D eigenvalue weighted by Gasteiger charge is 2.17. The van der Waals surface area contributed by atoms with Gasteiger partial charge < -0.3 is 0 Å². The summed E-state index contributed by atoms with van der Waals surface area (Å²) in [5.74, 6) is 0.149. The van der Waals surface area contributed by atoms with Gasteiger partial charge >= 0.3 is 0 Å². The smallest absolute Gasteiger partial charge is 0.161 e. The van der Waals surface area contributed by atoms with E-state index in [1.54, 1.807) is 6.08 Å². The molecule has 0 aliphatic rings. The summed E-state index contributed by atoms with van der Waals surface area (Å²) in [6, 6.07) is 14.3. The van der Waals surface area contributed by atoms with Crippen LogP contribution in [0.1, 0.15) is 26.3 Å². The van der Waals surface area contributed by atoms with Crippen LogP contribution >= 0.6 is 0 Å². The first-order chi connectivity index (χ1) is 8.48. The van der Waals surface area contributed by atoms with Gasteiger partial charge in [-0.3, -0.25) is 4.79 Å². The van der Waals surface area contributed by atoms with Gasteiger partial charge in [0.1, 0.15) is 0 Å². The molecular formula is C17H18O. The van der Waals surface area contributed by atoms with Crippen molar-refractivity contribution in [1.29, 1.82) is 0 Å². The average Bonchev–Trinajstić information content (AvgIpc) is 2.34. The summed E-state index contributed by atoms with van der Waals surface area (Å²) in [7, 11) is 0. The Balaban J connectivity index is 2.38. The molecule has 0 spiro atoms. The average molecular weight is 238 g/mol. The molecule has 2 rings (SSSR count). The number of ketones is 1. The molecule has 0 saturated carbocycles. The summed E-state index contributed by atoms with van der Waals surface area (Å²) >= 11 is 0. The van der Waals surface area contributed by atoms with E-state index in [0.717, 1.165) is 5.56 Å². The molecule has 18 heavy (non-hydrogen) atoms. The third-order valence-electron chi connectivity index (χ3n) is 2.98. The topological polar surface area (TPSA) is 17.1 Å². The fourth-order valence-corrected chi connectivity index (χ4v) is 1.81. The predicted molar refractivity (Wildman–Crippen MR) is 77.4 cm³/mol. The molecule has 0 aliphatic heterocycles. The third kappa shape index (κ3) is 2.67. The van der Waals surface area contributed by atoms with Crippen LogP contribution < -0.4 is 0 Å². The van der Waals surface area contributed by atoms with Crippen LogP contribution in [0.3, 0.4) is 0 Å². The predicted octanol–water partition coefficient (Wildman–Crippen LogP) is 4.47. The molecule has 0 amide bonds. The van der Waals surface area contributed by atoms with Gasteiger partial charge in [0.25, 0.3) is 0 Å². The monoisotopic (exact) mass is 238 g/mol. The molecule has 0 atom stereocenters. The van der Waals surface area contributed by atoms with E-state index in [9.17, 15) is 4.79 Å². The third-order valence-corrected chi connectivity index (χ3v) is 2.98. The second-order valence-electron chi connectivity index (χ2n) is 5.52. The van der Waals surface area contributed by atoms with Crippen molar-refractivity contribution >= 4 is 22.6 Å². The minimum absolute atomic E-state index is 0.149. The highest BCUT2D eigenvalue weighted by Crippen LogP contribution is 2.21.